The molecule has 2 aromatic carbocycles. The van der Waals surface area contributed by atoms with Gasteiger partial charge in [-0.2, -0.15) is 8.42 Å². The molecule has 0 bridgehead atoms. The number of phenolic OH excluding ortho intramolecular Hbond substituents is 1. The van der Waals surface area contributed by atoms with Crippen LogP contribution in [0.25, 0.3) is 0 Å². The van der Waals surface area contributed by atoms with Gasteiger partial charge in [-0.15, -0.1) is 0 Å². The number of phenols is 1. The maximum absolute atomic E-state index is 10.9. The molecule has 0 atom stereocenters. The Kier molecular flexibility index (Phi) is 4.11. The van der Waals surface area contributed by atoms with E-state index in [1.54, 1.807) is 42.5 Å². The summed E-state index contributed by atoms with van der Waals surface area (Å²) in [5.74, 6) is 0.207. The first kappa shape index (κ1) is 14.2. The van der Waals surface area contributed by atoms with E-state index in [-0.39, 0.29) is 5.75 Å². The molecular formula is C13H15N3O3S. The van der Waals surface area contributed by atoms with Crippen molar-refractivity contribution in [3.05, 3.63) is 54.1 Å². The molecule has 0 aliphatic heterocycles. The quantitative estimate of drug-likeness (QED) is 0.672. The number of hydrogen-bond donors (Lipinski definition) is 4. The Bertz CT molecular complexity index is 702. The van der Waals surface area contributed by atoms with Crippen LogP contribution in [0.3, 0.4) is 0 Å². The van der Waals surface area contributed by atoms with E-state index in [0.29, 0.717) is 17.9 Å². The maximum atomic E-state index is 10.9. The second kappa shape index (κ2) is 5.81. The van der Waals surface area contributed by atoms with Gasteiger partial charge in [-0.3, -0.25) is 4.72 Å². The van der Waals surface area contributed by atoms with Crippen molar-refractivity contribution in [1.29, 1.82) is 0 Å². The third-order valence-electron chi connectivity index (χ3n) is 2.60. The predicted octanol–water partition coefficient (Wildman–Crippen LogP) is 1.62. The fourth-order valence-electron chi connectivity index (χ4n) is 1.71. The van der Waals surface area contributed by atoms with Gasteiger partial charge >= 0.3 is 0 Å². The average Bonchev–Trinajstić information content (AvgIpc) is 2.36. The fourth-order valence-corrected chi connectivity index (χ4v) is 2.17. The second-order valence-electron chi connectivity index (χ2n) is 4.21. The van der Waals surface area contributed by atoms with Crippen molar-refractivity contribution in [1.82, 2.24) is 0 Å². The Labute approximate surface area is 117 Å². The van der Waals surface area contributed by atoms with Crippen LogP contribution in [-0.2, 0) is 16.8 Å². The summed E-state index contributed by atoms with van der Waals surface area (Å²) in [5.41, 5.74) is 1.83. The summed E-state index contributed by atoms with van der Waals surface area (Å²) < 4.78 is 24.1. The molecule has 106 valence electrons. The lowest BCUT2D eigenvalue weighted by molar-refractivity contribution is 0.469. The van der Waals surface area contributed by atoms with E-state index in [1.165, 1.54) is 0 Å². The topological polar surface area (TPSA) is 104 Å². The van der Waals surface area contributed by atoms with Gasteiger partial charge in [-0.25, -0.2) is 5.14 Å². The van der Waals surface area contributed by atoms with E-state index in [0.717, 1.165) is 5.56 Å². The highest BCUT2D eigenvalue weighted by Gasteiger charge is 2.03. The third-order valence-corrected chi connectivity index (χ3v) is 3.12. The van der Waals surface area contributed by atoms with E-state index in [2.05, 4.69) is 10.0 Å². The summed E-state index contributed by atoms with van der Waals surface area (Å²) in [7, 11) is -3.79. The molecule has 0 saturated heterocycles. The van der Waals surface area contributed by atoms with Crippen LogP contribution < -0.4 is 15.2 Å². The van der Waals surface area contributed by atoms with E-state index >= 15 is 0 Å². The standard InChI is InChI=1S/C13H15N3O3S/c14-20(18,19)16-12-6-3-5-11(8-12)15-9-10-4-1-2-7-13(10)17/h1-8,15-17H,9H2,(H2,14,18,19). The first-order valence-electron chi connectivity index (χ1n) is 5.85. The molecule has 0 heterocycles. The fraction of sp³-hybridized carbons (Fsp3) is 0.0769. The van der Waals surface area contributed by atoms with Gasteiger partial charge in [0.25, 0.3) is 10.2 Å². The zero-order valence-electron chi connectivity index (χ0n) is 10.6. The number of aromatic hydroxyl groups is 1. The van der Waals surface area contributed by atoms with Crippen LogP contribution in [0.1, 0.15) is 5.56 Å². The van der Waals surface area contributed by atoms with Crippen molar-refractivity contribution < 1.29 is 13.5 Å². The summed E-state index contributed by atoms with van der Waals surface area (Å²) in [6, 6.07) is 13.7. The minimum absolute atomic E-state index is 0.207. The van der Waals surface area contributed by atoms with Crippen molar-refractivity contribution in [2.45, 2.75) is 6.54 Å². The number of benzene rings is 2. The largest absolute Gasteiger partial charge is 0.508 e. The van der Waals surface area contributed by atoms with Gasteiger partial charge in [-0.05, 0) is 24.3 Å². The molecule has 0 saturated carbocycles. The average molecular weight is 293 g/mol. The first-order chi connectivity index (χ1) is 9.44. The van der Waals surface area contributed by atoms with Crippen molar-refractivity contribution in [2.24, 2.45) is 5.14 Å². The van der Waals surface area contributed by atoms with Gasteiger partial charge < -0.3 is 10.4 Å². The Hall–Kier alpha value is -2.25. The Morgan fingerprint density at radius 3 is 2.45 bits per heavy atom. The maximum Gasteiger partial charge on any atom is 0.296 e. The predicted molar refractivity (Wildman–Crippen MR) is 78.6 cm³/mol. The molecule has 6 nitrogen and oxygen atoms in total. The molecule has 2 aromatic rings. The van der Waals surface area contributed by atoms with Crippen molar-refractivity contribution in [3.63, 3.8) is 0 Å². The molecule has 5 N–H and O–H groups in total. The lowest BCUT2D eigenvalue weighted by Crippen LogP contribution is -2.21. The van der Waals surface area contributed by atoms with Crippen molar-refractivity contribution in [3.8, 4) is 5.75 Å². The lowest BCUT2D eigenvalue weighted by Gasteiger charge is -2.10. The highest BCUT2D eigenvalue weighted by atomic mass is 32.2. The van der Waals surface area contributed by atoms with E-state index in [9.17, 15) is 13.5 Å². The number of rotatable bonds is 5. The summed E-state index contributed by atoms with van der Waals surface area (Å²) >= 11 is 0. The number of hydrogen-bond acceptors (Lipinski definition) is 4. The Morgan fingerprint density at radius 1 is 1.05 bits per heavy atom. The number of anilines is 2. The van der Waals surface area contributed by atoms with Gasteiger partial charge in [0.15, 0.2) is 0 Å². The second-order valence-corrected chi connectivity index (χ2v) is 5.50. The van der Waals surface area contributed by atoms with E-state index in [4.69, 9.17) is 5.14 Å². The van der Waals surface area contributed by atoms with Crippen LogP contribution in [-0.4, -0.2) is 13.5 Å². The van der Waals surface area contributed by atoms with Crippen LogP contribution in [0.5, 0.6) is 5.75 Å². The summed E-state index contributed by atoms with van der Waals surface area (Å²) in [6.07, 6.45) is 0. The highest BCUT2D eigenvalue weighted by molar-refractivity contribution is 7.90. The van der Waals surface area contributed by atoms with Crippen LogP contribution in [0.2, 0.25) is 0 Å². The normalized spacial score (nSPS) is 11.1. The molecule has 2 rings (SSSR count). The zero-order valence-corrected chi connectivity index (χ0v) is 11.4. The minimum atomic E-state index is -3.79. The van der Waals surface area contributed by atoms with Gasteiger partial charge in [0.2, 0.25) is 0 Å². The van der Waals surface area contributed by atoms with Gasteiger partial charge in [-0.1, -0.05) is 24.3 Å². The molecule has 20 heavy (non-hydrogen) atoms. The van der Waals surface area contributed by atoms with Gasteiger partial charge in [0.05, 0.1) is 5.69 Å². The molecule has 7 heteroatoms. The van der Waals surface area contributed by atoms with Gasteiger partial charge in [0, 0.05) is 17.8 Å². The highest BCUT2D eigenvalue weighted by Crippen LogP contribution is 2.19. The van der Waals surface area contributed by atoms with E-state index in [1.807, 2.05) is 6.07 Å². The first-order valence-corrected chi connectivity index (χ1v) is 7.40. The lowest BCUT2D eigenvalue weighted by atomic mass is 10.2. The molecular weight excluding hydrogens is 278 g/mol. The molecule has 0 aliphatic rings. The molecule has 0 aromatic heterocycles. The summed E-state index contributed by atoms with van der Waals surface area (Å²) in [6.45, 7) is 0.422. The Balaban J connectivity index is 2.07. The van der Waals surface area contributed by atoms with Crippen LogP contribution >= 0.6 is 0 Å². The third kappa shape index (κ3) is 4.15. The minimum Gasteiger partial charge on any atom is -0.508 e. The molecule has 0 spiro atoms. The van der Waals surface area contributed by atoms with Crippen molar-refractivity contribution >= 4 is 21.6 Å². The SMILES string of the molecule is NS(=O)(=O)Nc1cccc(NCc2ccccc2O)c1. The van der Waals surface area contributed by atoms with Gasteiger partial charge in [0.1, 0.15) is 5.75 Å². The monoisotopic (exact) mass is 293 g/mol. The smallest absolute Gasteiger partial charge is 0.296 e. The van der Waals surface area contributed by atoms with E-state index < -0.39 is 10.2 Å². The molecule has 0 unspecified atom stereocenters. The molecule has 0 amide bonds. The van der Waals surface area contributed by atoms with Crippen LogP contribution in [0.15, 0.2) is 48.5 Å². The van der Waals surface area contributed by atoms with Crippen LogP contribution in [0.4, 0.5) is 11.4 Å². The zero-order chi connectivity index (χ0) is 14.6. The summed E-state index contributed by atoms with van der Waals surface area (Å²) in [5, 5.41) is 17.7. The number of nitrogens with one attached hydrogen (secondary N) is 2. The van der Waals surface area contributed by atoms with Crippen LogP contribution in [0, 0.1) is 0 Å². The number of nitrogens with two attached hydrogens (primary N) is 1. The molecule has 0 radical (unpaired) electrons. The summed E-state index contributed by atoms with van der Waals surface area (Å²) in [4.78, 5) is 0. The van der Waals surface area contributed by atoms with Crippen molar-refractivity contribution in [2.75, 3.05) is 10.0 Å². The Morgan fingerprint density at radius 2 is 1.75 bits per heavy atom. The number of para-hydroxylation sites is 1. The molecule has 0 fully saturated rings. The molecule has 0 aliphatic carbocycles.